The standard InChI is InChI=1S/C10H15N3/c1-7-6-12-10(4-8-2-3-8)13-9(7)5-11/h6,8H,2-5,11H2,1H3. The topological polar surface area (TPSA) is 51.8 Å². The van der Waals surface area contributed by atoms with Crippen molar-refractivity contribution in [2.45, 2.75) is 32.7 Å². The van der Waals surface area contributed by atoms with Crippen molar-refractivity contribution < 1.29 is 0 Å². The molecule has 0 saturated heterocycles. The quantitative estimate of drug-likeness (QED) is 0.754. The second-order valence-corrected chi connectivity index (χ2v) is 3.77. The Morgan fingerprint density at radius 2 is 2.31 bits per heavy atom. The molecule has 0 amide bonds. The van der Waals surface area contributed by atoms with Gasteiger partial charge in [0.15, 0.2) is 0 Å². The van der Waals surface area contributed by atoms with Crippen LogP contribution in [-0.4, -0.2) is 9.97 Å². The van der Waals surface area contributed by atoms with Gasteiger partial charge in [0.1, 0.15) is 5.82 Å². The van der Waals surface area contributed by atoms with Crippen LogP contribution in [0.5, 0.6) is 0 Å². The summed E-state index contributed by atoms with van der Waals surface area (Å²) in [5.74, 6) is 1.81. The average Bonchev–Trinajstić information content (AvgIpc) is 2.92. The van der Waals surface area contributed by atoms with Gasteiger partial charge in [0.25, 0.3) is 0 Å². The fraction of sp³-hybridized carbons (Fsp3) is 0.600. The number of hydrogen-bond donors (Lipinski definition) is 1. The van der Waals surface area contributed by atoms with Gasteiger partial charge < -0.3 is 5.73 Å². The van der Waals surface area contributed by atoms with Crippen molar-refractivity contribution in [1.82, 2.24) is 9.97 Å². The number of aromatic nitrogens is 2. The van der Waals surface area contributed by atoms with Gasteiger partial charge in [-0.2, -0.15) is 0 Å². The lowest BCUT2D eigenvalue weighted by atomic mass is 10.2. The van der Waals surface area contributed by atoms with Crippen molar-refractivity contribution in [3.8, 4) is 0 Å². The van der Waals surface area contributed by atoms with Crippen LogP contribution in [0.15, 0.2) is 6.20 Å². The smallest absolute Gasteiger partial charge is 0.128 e. The Kier molecular flexibility index (Phi) is 2.27. The Hall–Kier alpha value is -0.960. The summed E-state index contributed by atoms with van der Waals surface area (Å²) in [5, 5.41) is 0. The van der Waals surface area contributed by atoms with Gasteiger partial charge in [0.05, 0.1) is 5.69 Å². The van der Waals surface area contributed by atoms with Gasteiger partial charge in [-0.1, -0.05) is 0 Å². The van der Waals surface area contributed by atoms with Gasteiger partial charge >= 0.3 is 0 Å². The summed E-state index contributed by atoms with van der Waals surface area (Å²) in [6, 6.07) is 0. The van der Waals surface area contributed by atoms with Crippen LogP contribution in [0.4, 0.5) is 0 Å². The molecule has 13 heavy (non-hydrogen) atoms. The molecule has 3 nitrogen and oxygen atoms in total. The minimum Gasteiger partial charge on any atom is -0.325 e. The van der Waals surface area contributed by atoms with E-state index in [4.69, 9.17) is 5.73 Å². The molecule has 0 aliphatic heterocycles. The fourth-order valence-corrected chi connectivity index (χ4v) is 1.40. The SMILES string of the molecule is Cc1cnc(CC2CC2)nc1CN. The Labute approximate surface area is 78.4 Å². The zero-order chi connectivity index (χ0) is 9.26. The largest absolute Gasteiger partial charge is 0.325 e. The highest BCUT2D eigenvalue weighted by atomic mass is 14.9. The van der Waals surface area contributed by atoms with E-state index in [1.807, 2.05) is 13.1 Å². The molecule has 1 aliphatic carbocycles. The number of nitrogens with zero attached hydrogens (tertiary/aromatic N) is 2. The molecule has 1 aromatic rings. The Bertz CT molecular complexity index is 305. The van der Waals surface area contributed by atoms with Gasteiger partial charge in [-0.3, -0.25) is 0 Å². The Morgan fingerprint density at radius 1 is 1.54 bits per heavy atom. The molecule has 0 atom stereocenters. The highest BCUT2D eigenvalue weighted by Gasteiger charge is 2.22. The van der Waals surface area contributed by atoms with E-state index in [-0.39, 0.29) is 0 Å². The predicted molar refractivity (Wildman–Crippen MR) is 51.1 cm³/mol. The van der Waals surface area contributed by atoms with Gasteiger partial charge in [-0.05, 0) is 31.2 Å². The maximum Gasteiger partial charge on any atom is 0.128 e. The fourth-order valence-electron chi connectivity index (χ4n) is 1.40. The third-order valence-electron chi connectivity index (χ3n) is 2.49. The summed E-state index contributed by atoms with van der Waals surface area (Å²) in [6.07, 6.45) is 5.60. The van der Waals surface area contributed by atoms with Gasteiger partial charge in [0, 0.05) is 19.2 Å². The first kappa shape index (κ1) is 8.63. The molecule has 0 radical (unpaired) electrons. The normalized spacial score (nSPS) is 16.2. The lowest BCUT2D eigenvalue weighted by Crippen LogP contribution is -2.07. The zero-order valence-electron chi connectivity index (χ0n) is 7.95. The van der Waals surface area contributed by atoms with Crippen molar-refractivity contribution in [2.24, 2.45) is 11.7 Å². The molecule has 1 saturated carbocycles. The maximum absolute atomic E-state index is 5.58. The average molecular weight is 177 g/mol. The molecule has 1 aromatic heterocycles. The first-order valence-electron chi connectivity index (χ1n) is 4.81. The summed E-state index contributed by atoms with van der Waals surface area (Å²) >= 11 is 0. The highest BCUT2D eigenvalue weighted by Crippen LogP contribution is 2.31. The molecule has 0 aromatic carbocycles. The second-order valence-electron chi connectivity index (χ2n) is 3.77. The summed E-state index contributed by atoms with van der Waals surface area (Å²) in [7, 11) is 0. The Balaban J connectivity index is 2.16. The summed E-state index contributed by atoms with van der Waals surface area (Å²) in [4.78, 5) is 8.74. The third-order valence-corrected chi connectivity index (χ3v) is 2.49. The van der Waals surface area contributed by atoms with Crippen LogP contribution in [0.3, 0.4) is 0 Å². The zero-order valence-corrected chi connectivity index (χ0v) is 7.95. The monoisotopic (exact) mass is 177 g/mol. The van der Waals surface area contributed by atoms with Crippen molar-refractivity contribution in [2.75, 3.05) is 0 Å². The minimum atomic E-state index is 0.520. The Morgan fingerprint density at radius 3 is 2.92 bits per heavy atom. The van der Waals surface area contributed by atoms with E-state index >= 15 is 0 Å². The van der Waals surface area contributed by atoms with Gasteiger partial charge in [0.2, 0.25) is 0 Å². The van der Waals surface area contributed by atoms with E-state index in [0.29, 0.717) is 6.54 Å². The van der Waals surface area contributed by atoms with Crippen LogP contribution in [0.1, 0.15) is 29.9 Å². The molecule has 2 rings (SSSR count). The van der Waals surface area contributed by atoms with Crippen LogP contribution in [0, 0.1) is 12.8 Å². The molecule has 70 valence electrons. The van der Waals surface area contributed by atoms with Crippen molar-refractivity contribution in [3.05, 3.63) is 23.3 Å². The molecular weight excluding hydrogens is 162 g/mol. The van der Waals surface area contributed by atoms with E-state index in [1.165, 1.54) is 12.8 Å². The van der Waals surface area contributed by atoms with Crippen LogP contribution in [0.2, 0.25) is 0 Å². The summed E-state index contributed by atoms with van der Waals surface area (Å²) < 4.78 is 0. The molecule has 1 aliphatic rings. The molecule has 0 bridgehead atoms. The van der Waals surface area contributed by atoms with Crippen LogP contribution in [-0.2, 0) is 13.0 Å². The van der Waals surface area contributed by atoms with Crippen molar-refractivity contribution in [3.63, 3.8) is 0 Å². The number of hydrogen-bond acceptors (Lipinski definition) is 3. The number of aryl methyl sites for hydroxylation is 1. The summed E-state index contributed by atoms with van der Waals surface area (Å²) in [5.41, 5.74) is 7.67. The predicted octanol–water partition coefficient (Wildman–Crippen LogP) is 1.20. The van der Waals surface area contributed by atoms with Crippen LogP contribution in [0.25, 0.3) is 0 Å². The van der Waals surface area contributed by atoms with E-state index in [1.54, 1.807) is 0 Å². The van der Waals surface area contributed by atoms with Crippen LogP contribution < -0.4 is 5.73 Å². The lowest BCUT2D eigenvalue weighted by molar-refractivity contribution is 0.751. The van der Waals surface area contributed by atoms with E-state index in [2.05, 4.69) is 9.97 Å². The maximum atomic E-state index is 5.58. The summed E-state index contributed by atoms with van der Waals surface area (Å²) in [6.45, 7) is 2.52. The first-order chi connectivity index (χ1) is 6.29. The number of rotatable bonds is 3. The second kappa shape index (κ2) is 3.42. The molecule has 0 unspecified atom stereocenters. The number of nitrogens with two attached hydrogens (primary N) is 1. The molecular formula is C10H15N3. The first-order valence-corrected chi connectivity index (χ1v) is 4.81. The van der Waals surface area contributed by atoms with Gasteiger partial charge in [-0.15, -0.1) is 0 Å². The molecule has 3 heteroatoms. The lowest BCUT2D eigenvalue weighted by Gasteiger charge is -2.03. The van der Waals surface area contributed by atoms with Crippen molar-refractivity contribution >= 4 is 0 Å². The molecule has 1 fully saturated rings. The highest BCUT2D eigenvalue weighted by molar-refractivity contribution is 5.15. The van der Waals surface area contributed by atoms with E-state index < -0.39 is 0 Å². The van der Waals surface area contributed by atoms with Crippen LogP contribution >= 0.6 is 0 Å². The minimum absolute atomic E-state index is 0.520. The molecule has 0 spiro atoms. The van der Waals surface area contributed by atoms with E-state index in [9.17, 15) is 0 Å². The van der Waals surface area contributed by atoms with Gasteiger partial charge in [-0.25, -0.2) is 9.97 Å². The molecule has 2 N–H and O–H groups in total. The third kappa shape index (κ3) is 2.04. The molecule has 1 heterocycles. The van der Waals surface area contributed by atoms with Crippen molar-refractivity contribution in [1.29, 1.82) is 0 Å². The van der Waals surface area contributed by atoms with E-state index in [0.717, 1.165) is 29.4 Å².